The second kappa shape index (κ2) is 6.01. The van der Waals surface area contributed by atoms with Gasteiger partial charge in [0.05, 0.1) is 28.5 Å². The number of nitrogen functional groups attached to an aromatic ring is 1. The smallest absolute Gasteiger partial charge is 0.250 e. The van der Waals surface area contributed by atoms with Crippen molar-refractivity contribution in [2.75, 3.05) is 17.7 Å². The Balaban J connectivity index is 2.39. The number of pyridine rings is 1. The molecule has 5 nitrogen and oxygen atoms in total. The average Bonchev–Trinajstić information content (AvgIpc) is 2.37. The van der Waals surface area contributed by atoms with Crippen LogP contribution in [0.5, 0.6) is 0 Å². The van der Waals surface area contributed by atoms with E-state index in [1.165, 1.54) is 6.07 Å². The van der Waals surface area contributed by atoms with Crippen molar-refractivity contribution in [3.05, 3.63) is 52.3 Å². The number of carbonyl (C=O) groups excluding carboxylic acids is 1. The van der Waals surface area contributed by atoms with E-state index in [1.807, 2.05) is 37.1 Å². The van der Waals surface area contributed by atoms with Crippen molar-refractivity contribution >= 4 is 28.9 Å². The Morgan fingerprint density at radius 2 is 2.10 bits per heavy atom. The summed E-state index contributed by atoms with van der Waals surface area (Å²) < 4.78 is 0. The number of rotatable bonds is 4. The Morgan fingerprint density at radius 1 is 1.38 bits per heavy atom. The van der Waals surface area contributed by atoms with Gasteiger partial charge in [-0.05, 0) is 31.2 Å². The molecule has 6 heteroatoms. The number of anilines is 2. The molecule has 1 heterocycles. The molecule has 0 aliphatic carbocycles. The van der Waals surface area contributed by atoms with Crippen molar-refractivity contribution in [3.63, 3.8) is 0 Å². The van der Waals surface area contributed by atoms with Crippen LogP contribution < -0.4 is 16.4 Å². The molecular formula is C15H17ClN4O. The minimum Gasteiger partial charge on any atom is -0.399 e. The van der Waals surface area contributed by atoms with Crippen molar-refractivity contribution in [1.29, 1.82) is 0 Å². The number of amides is 1. The summed E-state index contributed by atoms with van der Waals surface area (Å²) in [6, 6.07) is 8.91. The Morgan fingerprint density at radius 3 is 2.71 bits per heavy atom. The SMILES string of the molecule is Cc1cccc(CN(C)c2c(Cl)cc(N)cc2C(N)=O)n1. The van der Waals surface area contributed by atoms with E-state index in [2.05, 4.69) is 4.98 Å². The quantitative estimate of drug-likeness (QED) is 0.849. The van der Waals surface area contributed by atoms with E-state index >= 15 is 0 Å². The fourth-order valence-electron chi connectivity index (χ4n) is 2.21. The van der Waals surface area contributed by atoms with E-state index in [9.17, 15) is 4.79 Å². The molecule has 0 saturated heterocycles. The van der Waals surface area contributed by atoms with Gasteiger partial charge in [-0.25, -0.2) is 0 Å². The molecule has 110 valence electrons. The zero-order valence-electron chi connectivity index (χ0n) is 11.9. The molecule has 1 aromatic heterocycles. The van der Waals surface area contributed by atoms with Crippen LogP contribution >= 0.6 is 11.6 Å². The molecule has 0 fully saturated rings. The van der Waals surface area contributed by atoms with Crippen molar-refractivity contribution in [2.24, 2.45) is 5.73 Å². The molecule has 2 aromatic rings. The van der Waals surface area contributed by atoms with E-state index in [0.717, 1.165) is 11.4 Å². The van der Waals surface area contributed by atoms with Gasteiger partial charge in [-0.2, -0.15) is 0 Å². The van der Waals surface area contributed by atoms with Crippen LogP contribution in [0.4, 0.5) is 11.4 Å². The maximum Gasteiger partial charge on any atom is 0.250 e. The topological polar surface area (TPSA) is 85.2 Å². The number of nitrogens with zero attached hydrogens (tertiary/aromatic N) is 2. The van der Waals surface area contributed by atoms with E-state index in [1.54, 1.807) is 6.07 Å². The lowest BCUT2D eigenvalue weighted by Crippen LogP contribution is -2.23. The van der Waals surface area contributed by atoms with Gasteiger partial charge in [-0.1, -0.05) is 17.7 Å². The van der Waals surface area contributed by atoms with Crippen molar-refractivity contribution in [1.82, 2.24) is 4.98 Å². The predicted octanol–water partition coefficient (Wildman–Crippen LogP) is 2.36. The van der Waals surface area contributed by atoms with Crippen LogP contribution in [-0.4, -0.2) is 17.9 Å². The maximum atomic E-state index is 11.6. The lowest BCUT2D eigenvalue weighted by molar-refractivity contribution is 0.100. The first-order valence-electron chi connectivity index (χ1n) is 6.41. The number of aryl methyl sites for hydroxylation is 1. The number of primary amides is 1. The van der Waals surface area contributed by atoms with E-state index in [0.29, 0.717) is 28.5 Å². The lowest BCUT2D eigenvalue weighted by atomic mass is 10.1. The molecule has 1 aromatic carbocycles. The van der Waals surface area contributed by atoms with Crippen LogP contribution in [0.2, 0.25) is 5.02 Å². The molecule has 0 unspecified atom stereocenters. The highest BCUT2D eigenvalue weighted by molar-refractivity contribution is 6.34. The number of carbonyl (C=O) groups is 1. The van der Waals surface area contributed by atoms with E-state index < -0.39 is 5.91 Å². The third kappa shape index (κ3) is 3.44. The molecule has 0 aliphatic rings. The minimum atomic E-state index is -0.566. The summed E-state index contributed by atoms with van der Waals surface area (Å²) >= 11 is 6.22. The fourth-order valence-corrected chi connectivity index (χ4v) is 2.58. The van der Waals surface area contributed by atoms with Crippen molar-refractivity contribution in [3.8, 4) is 0 Å². The predicted molar refractivity (Wildman–Crippen MR) is 85.5 cm³/mol. The third-order valence-electron chi connectivity index (χ3n) is 3.08. The number of halogens is 1. The summed E-state index contributed by atoms with van der Waals surface area (Å²) in [6.07, 6.45) is 0. The second-order valence-corrected chi connectivity index (χ2v) is 5.30. The van der Waals surface area contributed by atoms with Crippen LogP contribution in [0, 0.1) is 6.92 Å². The van der Waals surface area contributed by atoms with Crippen LogP contribution in [0.3, 0.4) is 0 Å². The highest BCUT2D eigenvalue weighted by Gasteiger charge is 2.17. The van der Waals surface area contributed by atoms with Crippen molar-refractivity contribution < 1.29 is 4.79 Å². The molecule has 0 radical (unpaired) electrons. The van der Waals surface area contributed by atoms with Gasteiger partial charge in [0.1, 0.15) is 0 Å². The first kappa shape index (κ1) is 15.1. The summed E-state index contributed by atoms with van der Waals surface area (Å²) in [6.45, 7) is 2.43. The van der Waals surface area contributed by atoms with E-state index in [4.69, 9.17) is 23.1 Å². The molecule has 0 aliphatic heterocycles. The van der Waals surface area contributed by atoms with Gasteiger partial charge in [0.15, 0.2) is 0 Å². The molecule has 0 spiro atoms. The Kier molecular flexibility index (Phi) is 4.33. The van der Waals surface area contributed by atoms with Gasteiger partial charge >= 0.3 is 0 Å². The molecule has 1 amide bonds. The van der Waals surface area contributed by atoms with Gasteiger partial charge in [-0.3, -0.25) is 9.78 Å². The number of hydrogen-bond acceptors (Lipinski definition) is 4. The first-order chi connectivity index (χ1) is 9.88. The summed E-state index contributed by atoms with van der Waals surface area (Å²) in [5.41, 5.74) is 14.2. The molecule has 0 bridgehead atoms. The standard InChI is InChI=1S/C15H17ClN4O/c1-9-4-3-5-11(19-9)8-20(2)14-12(15(18)21)6-10(17)7-13(14)16/h3-7H,8,17H2,1-2H3,(H2,18,21). The Bertz CT molecular complexity index is 687. The van der Waals surface area contributed by atoms with Gasteiger partial charge in [0.25, 0.3) is 5.91 Å². The zero-order valence-corrected chi connectivity index (χ0v) is 12.7. The Labute approximate surface area is 128 Å². The molecule has 4 N–H and O–H groups in total. The zero-order chi connectivity index (χ0) is 15.6. The third-order valence-corrected chi connectivity index (χ3v) is 3.37. The second-order valence-electron chi connectivity index (χ2n) is 4.89. The van der Waals surface area contributed by atoms with E-state index in [-0.39, 0.29) is 0 Å². The van der Waals surface area contributed by atoms with Gasteiger partial charge in [0, 0.05) is 18.4 Å². The number of benzene rings is 1. The number of hydrogen-bond donors (Lipinski definition) is 2. The molecule has 0 saturated carbocycles. The highest BCUT2D eigenvalue weighted by atomic mass is 35.5. The normalized spacial score (nSPS) is 10.4. The van der Waals surface area contributed by atoms with Crippen LogP contribution in [0.1, 0.15) is 21.7 Å². The summed E-state index contributed by atoms with van der Waals surface area (Å²) in [5, 5.41) is 0.388. The van der Waals surface area contributed by atoms with Gasteiger partial charge in [0.2, 0.25) is 0 Å². The molecule has 21 heavy (non-hydrogen) atoms. The molecule has 0 atom stereocenters. The summed E-state index contributed by atoms with van der Waals surface area (Å²) in [5.74, 6) is -0.566. The monoisotopic (exact) mass is 304 g/mol. The highest BCUT2D eigenvalue weighted by Crippen LogP contribution is 2.32. The lowest BCUT2D eigenvalue weighted by Gasteiger charge is -2.23. The molecular weight excluding hydrogens is 288 g/mol. The molecule has 2 rings (SSSR count). The minimum absolute atomic E-state index is 0.301. The summed E-state index contributed by atoms with van der Waals surface area (Å²) in [4.78, 5) is 17.9. The van der Waals surface area contributed by atoms with Crippen molar-refractivity contribution in [2.45, 2.75) is 13.5 Å². The maximum absolute atomic E-state index is 11.6. The summed E-state index contributed by atoms with van der Waals surface area (Å²) in [7, 11) is 1.83. The van der Waals surface area contributed by atoms with Crippen LogP contribution in [0.15, 0.2) is 30.3 Å². The fraction of sp³-hybridized carbons (Fsp3) is 0.200. The largest absolute Gasteiger partial charge is 0.399 e. The Hall–Kier alpha value is -2.27. The number of aromatic nitrogens is 1. The van der Waals surface area contributed by atoms with Gasteiger partial charge in [-0.15, -0.1) is 0 Å². The first-order valence-corrected chi connectivity index (χ1v) is 6.78. The van der Waals surface area contributed by atoms with Gasteiger partial charge < -0.3 is 16.4 Å². The van der Waals surface area contributed by atoms with Crippen LogP contribution in [0.25, 0.3) is 0 Å². The average molecular weight is 305 g/mol. The number of nitrogens with two attached hydrogens (primary N) is 2. The van der Waals surface area contributed by atoms with Crippen LogP contribution in [-0.2, 0) is 6.54 Å².